The number of rotatable bonds is 2. The van der Waals surface area contributed by atoms with Crippen molar-refractivity contribution in [1.82, 2.24) is 0 Å². The fraction of sp³-hybridized carbons (Fsp3) is 0.333. The van der Waals surface area contributed by atoms with Crippen LogP contribution >= 0.6 is 12.2 Å². The van der Waals surface area contributed by atoms with Crippen LogP contribution in [0.3, 0.4) is 0 Å². The van der Waals surface area contributed by atoms with Crippen LogP contribution in [0.15, 0.2) is 17.1 Å². The van der Waals surface area contributed by atoms with Gasteiger partial charge in [-0.2, -0.15) is 0 Å². The second kappa shape index (κ2) is 4.65. The molecule has 0 aliphatic carbocycles. The molecule has 0 saturated carbocycles. The van der Waals surface area contributed by atoms with Crippen molar-refractivity contribution in [1.29, 1.82) is 0 Å². The first-order valence-corrected chi connectivity index (χ1v) is 2.89. The zero-order valence-electron chi connectivity index (χ0n) is 5.09. The molecule has 0 saturated heterocycles. The van der Waals surface area contributed by atoms with Crippen LogP contribution < -0.4 is 0 Å². The Hall–Kier alpha value is -0.500. The Labute approximate surface area is 55.1 Å². The highest BCUT2D eigenvalue weighted by atomic mass is 32.1. The minimum absolute atomic E-state index is 0.947. The first-order valence-electron chi connectivity index (χ1n) is 2.42. The van der Waals surface area contributed by atoms with Gasteiger partial charge in [-0.05, 0) is 19.9 Å². The van der Waals surface area contributed by atoms with Gasteiger partial charge in [0, 0.05) is 5.71 Å². The van der Waals surface area contributed by atoms with Crippen molar-refractivity contribution in [2.75, 3.05) is 0 Å². The summed E-state index contributed by atoms with van der Waals surface area (Å²) in [5.41, 5.74) is 2.32. The minimum Gasteiger partial charge on any atom is -0.250 e. The lowest BCUT2D eigenvalue weighted by atomic mass is 10.4. The molecule has 0 N–H and O–H groups in total. The average Bonchev–Trinajstić information content (AvgIpc) is 1.68. The molecule has 0 aliphatic heterocycles. The molecule has 0 aromatic carbocycles. The van der Waals surface area contributed by atoms with Crippen molar-refractivity contribution >= 4 is 23.4 Å². The summed E-state index contributed by atoms with van der Waals surface area (Å²) >= 11 is 4.50. The normalized spacial score (nSPS) is 12.5. The van der Waals surface area contributed by atoms with Gasteiger partial charge in [0.2, 0.25) is 0 Å². The van der Waals surface area contributed by atoms with E-state index in [1.165, 1.54) is 5.49 Å². The topological polar surface area (TPSA) is 12.4 Å². The zero-order chi connectivity index (χ0) is 6.41. The van der Waals surface area contributed by atoms with Gasteiger partial charge in [0.25, 0.3) is 0 Å². The lowest BCUT2D eigenvalue weighted by Gasteiger charge is -1.81. The smallest absolute Gasteiger partial charge is 0.0900 e. The summed E-state index contributed by atoms with van der Waals surface area (Å²) in [6.45, 7) is 3.85. The van der Waals surface area contributed by atoms with Gasteiger partial charge in [-0.25, -0.2) is 0 Å². The van der Waals surface area contributed by atoms with E-state index in [9.17, 15) is 0 Å². The Bertz CT molecular complexity index is 124. The summed E-state index contributed by atoms with van der Waals surface area (Å²) in [5, 5.41) is 0. The third-order valence-electron chi connectivity index (χ3n) is 0.664. The van der Waals surface area contributed by atoms with E-state index in [-0.39, 0.29) is 0 Å². The molecule has 44 valence electrons. The summed E-state index contributed by atoms with van der Waals surface area (Å²) in [6.07, 6.45) is 3.83. The monoisotopic (exact) mass is 127 g/mol. The lowest BCUT2D eigenvalue weighted by Crippen LogP contribution is -1.81. The Morgan fingerprint density at radius 1 is 1.62 bits per heavy atom. The summed E-state index contributed by atoms with van der Waals surface area (Å²) < 4.78 is 0. The molecule has 0 bridgehead atoms. The van der Waals surface area contributed by atoms with Crippen LogP contribution in [-0.2, 0) is 0 Å². The highest BCUT2D eigenvalue weighted by molar-refractivity contribution is 7.78. The molecule has 0 unspecified atom stereocenters. The highest BCUT2D eigenvalue weighted by Gasteiger charge is 1.74. The molecule has 0 aromatic heterocycles. The molecular weight excluding hydrogens is 118 g/mol. The van der Waals surface area contributed by atoms with Gasteiger partial charge < -0.3 is 0 Å². The van der Waals surface area contributed by atoms with Crippen LogP contribution in [0.1, 0.15) is 13.8 Å². The highest BCUT2D eigenvalue weighted by Crippen LogP contribution is 1.77. The summed E-state index contributed by atoms with van der Waals surface area (Å²) in [7, 11) is 0. The first kappa shape index (κ1) is 7.50. The first-order chi connectivity index (χ1) is 3.81. The van der Waals surface area contributed by atoms with Gasteiger partial charge in [-0.3, -0.25) is 4.99 Å². The van der Waals surface area contributed by atoms with Gasteiger partial charge in [0.15, 0.2) is 0 Å². The fourth-order valence-corrected chi connectivity index (χ4v) is 0.534. The lowest BCUT2D eigenvalue weighted by molar-refractivity contribution is 1.68. The number of hydrogen-bond donors (Lipinski definition) is 0. The van der Waals surface area contributed by atoms with Crippen LogP contribution in [0.25, 0.3) is 0 Å². The third-order valence-corrected chi connectivity index (χ3v) is 0.770. The Morgan fingerprint density at radius 3 is 2.62 bits per heavy atom. The van der Waals surface area contributed by atoms with Crippen molar-refractivity contribution in [2.45, 2.75) is 13.8 Å². The fourth-order valence-electron chi connectivity index (χ4n) is 0.367. The molecule has 0 rings (SSSR count). The van der Waals surface area contributed by atoms with Crippen molar-refractivity contribution in [3.05, 3.63) is 12.2 Å². The van der Waals surface area contributed by atoms with Crippen molar-refractivity contribution in [2.24, 2.45) is 4.99 Å². The van der Waals surface area contributed by atoms with Crippen LogP contribution in [0.5, 0.6) is 0 Å². The molecule has 0 aliphatic rings. The number of thiocarbonyl (C=S) groups is 1. The number of aliphatic imine (C=N–C) groups is 1. The quantitative estimate of drug-likeness (QED) is 0.408. The maximum atomic E-state index is 4.50. The molecule has 0 heterocycles. The minimum atomic E-state index is 0.947. The zero-order valence-corrected chi connectivity index (χ0v) is 5.90. The average molecular weight is 127 g/mol. The molecule has 0 fully saturated rings. The van der Waals surface area contributed by atoms with E-state index < -0.39 is 0 Å². The van der Waals surface area contributed by atoms with Crippen molar-refractivity contribution < 1.29 is 0 Å². The SMILES string of the molecule is C/C=C\C(C)=NC=S. The van der Waals surface area contributed by atoms with Gasteiger partial charge in [-0.1, -0.05) is 18.3 Å². The number of hydrogen-bond acceptors (Lipinski definition) is 1. The van der Waals surface area contributed by atoms with Crippen LogP contribution in [0.2, 0.25) is 0 Å². The summed E-state index contributed by atoms with van der Waals surface area (Å²) in [5.74, 6) is 0. The Kier molecular flexibility index (Phi) is 4.36. The third kappa shape index (κ3) is 3.68. The Balaban J connectivity index is 3.79. The maximum absolute atomic E-state index is 4.50. The summed E-state index contributed by atoms with van der Waals surface area (Å²) in [4.78, 5) is 3.83. The van der Waals surface area contributed by atoms with Crippen LogP contribution in [0, 0.1) is 0 Å². The van der Waals surface area contributed by atoms with E-state index in [1.54, 1.807) is 0 Å². The number of nitrogens with zero attached hydrogens (tertiary/aromatic N) is 1. The van der Waals surface area contributed by atoms with E-state index in [0.717, 1.165) is 5.71 Å². The van der Waals surface area contributed by atoms with Crippen LogP contribution in [0.4, 0.5) is 0 Å². The predicted octanol–water partition coefficient (Wildman–Crippen LogP) is 1.98. The molecular formula is C6H9NS. The molecule has 0 amide bonds. The standard InChI is InChI=1S/C6H9NS/c1-3-4-6(2)7-5-8/h3-5H,1-2H3/b4-3-,7-6?. The largest absolute Gasteiger partial charge is 0.250 e. The van der Waals surface area contributed by atoms with E-state index in [4.69, 9.17) is 0 Å². The van der Waals surface area contributed by atoms with Gasteiger partial charge in [-0.15, -0.1) is 0 Å². The van der Waals surface area contributed by atoms with E-state index in [1.807, 2.05) is 26.0 Å². The molecule has 2 heteroatoms. The molecule has 0 aromatic rings. The second-order valence-corrected chi connectivity index (χ2v) is 1.59. The molecule has 0 spiro atoms. The van der Waals surface area contributed by atoms with Gasteiger partial charge >= 0.3 is 0 Å². The molecule has 0 atom stereocenters. The molecule has 0 radical (unpaired) electrons. The second-order valence-electron chi connectivity index (χ2n) is 1.38. The number of allylic oxidation sites excluding steroid dienone is 2. The predicted molar refractivity (Wildman–Crippen MR) is 41.6 cm³/mol. The van der Waals surface area contributed by atoms with E-state index in [0.29, 0.717) is 0 Å². The van der Waals surface area contributed by atoms with Crippen molar-refractivity contribution in [3.8, 4) is 0 Å². The molecule has 8 heavy (non-hydrogen) atoms. The Morgan fingerprint density at radius 2 is 2.25 bits per heavy atom. The van der Waals surface area contributed by atoms with Crippen molar-refractivity contribution in [3.63, 3.8) is 0 Å². The van der Waals surface area contributed by atoms with Gasteiger partial charge in [0.05, 0.1) is 5.49 Å². The van der Waals surface area contributed by atoms with E-state index in [2.05, 4.69) is 17.2 Å². The maximum Gasteiger partial charge on any atom is 0.0900 e. The van der Waals surface area contributed by atoms with E-state index >= 15 is 0 Å². The van der Waals surface area contributed by atoms with Gasteiger partial charge in [0.1, 0.15) is 0 Å². The molecule has 1 nitrogen and oxygen atoms in total. The summed E-state index contributed by atoms with van der Waals surface area (Å²) in [6, 6.07) is 0. The van der Waals surface area contributed by atoms with Crippen LogP contribution in [-0.4, -0.2) is 11.2 Å².